The lowest BCUT2D eigenvalue weighted by Crippen LogP contribution is -2.49. The summed E-state index contributed by atoms with van der Waals surface area (Å²) >= 11 is 0. The van der Waals surface area contributed by atoms with Gasteiger partial charge in [0.2, 0.25) is 18.0 Å². The molecule has 0 fully saturated rings. The summed E-state index contributed by atoms with van der Waals surface area (Å²) in [5.41, 5.74) is 8.37. The number of nitrogens with one attached hydrogen (secondary N) is 1. The van der Waals surface area contributed by atoms with Crippen molar-refractivity contribution in [2.24, 2.45) is 22.6 Å². The number of anilines is 1. The van der Waals surface area contributed by atoms with Gasteiger partial charge in [0.1, 0.15) is 0 Å². The number of aliphatic imine (C=N–C) groups is 1. The largest absolute Gasteiger partial charge is 0.369 e. The maximum Gasteiger partial charge on any atom is 0.272 e. The van der Waals surface area contributed by atoms with E-state index in [0.717, 1.165) is 11.1 Å². The number of carbonyl (C=O) groups excluding carboxylic acids is 3. The Kier molecular flexibility index (Phi) is 6.65. The Labute approximate surface area is 181 Å². The number of hydrogen-bond donors (Lipinski definition) is 2. The quantitative estimate of drug-likeness (QED) is 0.674. The van der Waals surface area contributed by atoms with Crippen LogP contribution in [0.15, 0.2) is 72.2 Å². The van der Waals surface area contributed by atoms with Gasteiger partial charge in [0.25, 0.3) is 5.91 Å². The molecule has 0 aromatic heterocycles. The first-order valence-electron chi connectivity index (χ1n) is 10.1. The second-order valence-electron chi connectivity index (χ2n) is 7.49. The molecule has 1 aliphatic heterocycles. The van der Waals surface area contributed by atoms with E-state index >= 15 is 0 Å². The van der Waals surface area contributed by atoms with Gasteiger partial charge >= 0.3 is 0 Å². The number of carbonyl (C=O) groups is 3. The smallest absolute Gasteiger partial charge is 0.272 e. The van der Waals surface area contributed by atoms with Crippen LogP contribution in [-0.2, 0) is 14.4 Å². The zero-order valence-corrected chi connectivity index (χ0v) is 17.6. The number of nitrogens with zero attached hydrogens (tertiary/aromatic N) is 2. The van der Waals surface area contributed by atoms with Crippen LogP contribution in [0.1, 0.15) is 24.5 Å². The summed E-state index contributed by atoms with van der Waals surface area (Å²) in [5, 5.41) is 2.71. The van der Waals surface area contributed by atoms with Gasteiger partial charge in [0.05, 0.1) is 17.3 Å². The van der Waals surface area contributed by atoms with Crippen molar-refractivity contribution in [1.29, 1.82) is 0 Å². The topological polar surface area (TPSA) is 105 Å². The zero-order valence-electron chi connectivity index (χ0n) is 17.6. The van der Waals surface area contributed by atoms with Crippen molar-refractivity contribution in [3.05, 3.63) is 78.4 Å². The summed E-state index contributed by atoms with van der Waals surface area (Å²) in [7, 11) is 1.65. The van der Waals surface area contributed by atoms with Crippen molar-refractivity contribution in [2.45, 2.75) is 19.5 Å². The number of benzodiazepines with no additional fused rings is 1. The lowest BCUT2D eigenvalue weighted by molar-refractivity contribution is -0.134. The molecule has 2 aromatic rings. The molecule has 1 heterocycles. The predicted molar refractivity (Wildman–Crippen MR) is 121 cm³/mol. The van der Waals surface area contributed by atoms with Crippen LogP contribution >= 0.6 is 0 Å². The molecule has 3 N–H and O–H groups in total. The van der Waals surface area contributed by atoms with E-state index in [4.69, 9.17) is 5.73 Å². The standard InChI is InChI=1S/C24H26N4O3/c1-4-10-17(21(25)29)15(2)23(30)27-22-24(31)28(3)19-14-9-8-13-18(19)20(26-22)16-11-6-5-7-12-16/h4-9,11-15,17,22H,1,10H2,2-3H3,(H2,25,29)(H,27,30)/t15-,17+,22-/m1/s1. The Morgan fingerprint density at radius 2 is 1.84 bits per heavy atom. The van der Waals surface area contributed by atoms with E-state index in [1.54, 1.807) is 20.0 Å². The first kappa shape index (κ1) is 22.0. The highest BCUT2D eigenvalue weighted by molar-refractivity contribution is 6.20. The minimum Gasteiger partial charge on any atom is -0.369 e. The minimum atomic E-state index is -1.14. The number of amides is 3. The molecule has 31 heavy (non-hydrogen) atoms. The summed E-state index contributed by atoms with van der Waals surface area (Å²) in [4.78, 5) is 44.0. The van der Waals surface area contributed by atoms with E-state index in [9.17, 15) is 14.4 Å². The molecule has 3 atom stereocenters. The fourth-order valence-corrected chi connectivity index (χ4v) is 3.64. The van der Waals surface area contributed by atoms with Crippen molar-refractivity contribution < 1.29 is 14.4 Å². The molecule has 3 rings (SSSR count). The Morgan fingerprint density at radius 3 is 2.48 bits per heavy atom. The summed E-state index contributed by atoms with van der Waals surface area (Å²) in [6.45, 7) is 5.23. The van der Waals surface area contributed by atoms with Crippen LogP contribution < -0.4 is 16.0 Å². The Morgan fingerprint density at radius 1 is 1.19 bits per heavy atom. The molecule has 0 radical (unpaired) electrons. The van der Waals surface area contributed by atoms with E-state index in [1.165, 1.54) is 4.90 Å². The zero-order chi connectivity index (χ0) is 22.5. The average Bonchev–Trinajstić information content (AvgIpc) is 2.88. The minimum absolute atomic E-state index is 0.270. The maximum atomic E-state index is 13.2. The summed E-state index contributed by atoms with van der Waals surface area (Å²) < 4.78 is 0. The second kappa shape index (κ2) is 9.38. The Bertz CT molecular complexity index is 1030. The molecule has 0 unspecified atom stereocenters. The molecule has 1 aliphatic rings. The van der Waals surface area contributed by atoms with E-state index in [2.05, 4.69) is 16.9 Å². The van der Waals surface area contributed by atoms with Crippen LogP contribution in [0, 0.1) is 11.8 Å². The molecule has 3 amide bonds. The van der Waals surface area contributed by atoms with E-state index in [1.807, 2.05) is 54.6 Å². The van der Waals surface area contributed by atoms with E-state index in [0.29, 0.717) is 11.4 Å². The molecule has 160 valence electrons. The number of primary amides is 1. The average molecular weight is 418 g/mol. The van der Waals surface area contributed by atoms with E-state index in [-0.39, 0.29) is 12.3 Å². The number of allylic oxidation sites excluding steroid dienone is 1. The van der Waals surface area contributed by atoms with Crippen LogP contribution in [0.3, 0.4) is 0 Å². The highest BCUT2D eigenvalue weighted by Gasteiger charge is 2.34. The van der Waals surface area contributed by atoms with Crippen LogP contribution in [-0.4, -0.2) is 36.6 Å². The predicted octanol–water partition coefficient (Wildman–Crippen LogP) is 2.26. The number of rotatable bonds is 7. The summed E-state index contributed by atoms with van der Waals surface area (Å²) in [6, 6.07) is 16.9. The van der Waals surface area contributed by atoms with Crippen molar-refractivity contribution >= 4 is 29.1 Å². The molecule has 0 spiro atoms. The van der Waals surface area contributed by atoms with Gasteiger partial charge in [-0.2, -0.15) is 0 Å². The molecule has 2 aromatic carbocycles. The molecule has 0 saturated carbocycles. The van der Waals surface area contributed by atoms with E-state index < -0.39 is 29.8 Å². The molecule has 0 aliphatic carbocycles. The molecule has 0 saturated heterocycles. The highest BCUT2D eigenvalue weighted by Crippen LogP contribution is 2.27. The van der Waals surface area contributed by atoms with Crippen molar-refractivity contribution in [2.75, 3.05) is 11.9 Å². The molecular weight excluding hydrogens is 392 g/mol. The fraction of sp³-hybridized carbons (Fsp3) is 0.250. The maximum absolute atomic E-state index is 13.2. The first-order valence-corrected chi connectivity index (χ1v) is 10.1. The number of para-hydroxylation sites is 1. The molecular formula is C24H26N4O3. The van der Waals surface area contributed by atoms with Crippen LogP contribution in [0.5, 0.6) is 0 Å². The van der Waals surface area contributed by atoms with Crippen molar-refractivity contribution in [1.82, 2.24) is 5.32 Å². The number of hydrogen-bond acceptors (Lipinski definition) is 4. The summed E-state index contributed by atoms with van der Waals surface area (Å²) in [6.07, 6.45) is 0.679. The van der Waals surface area contributed by atoms with Crippen LogP contribution in [0.4, 0.5) is 5.69 Å². The number of likely N-dealkylation sites (N-methyl/N-ethyl adjacent to an activating group) is 1. The first-order chi connectivity index (χ1) is 14.8. The Hall–Kier alpha value is -3.74. The van der Waals surface area contributed by atoms with Gasteiger partial charge in [-0.15, -0.1) is 6.58 Å². The van der Waals surface area contributed by atoms with Gasteiger partial charge in [-0.05, 0) is 12.5 Å². The van der Waals surface area contributed by atoms with Gasteiger partial charge in [-0.3, -0.25) is 14.4 Å². The third kappa shape index (κ3) is 4.55. The van der Waals surface area contributed by atoms with Gasteiger partial charge in [0, 0.05) is 24.1 Å². The van der Waals surface area contributed by atoms with Crippen LogP contribution in [0.25, 0.3) is 0 Å². The SMILES string of the molecule is C=CC[C@H](C(N)=O)[C@@H](C)C(=O)N[C@H]1N=C(c2ccccc2)c2ccccc2N(C)C1=O. The third-order valence-corrected chi connectivity index (χ3v) is 5.47. The van der Waals surface area contributed by atoms with Crippen molar-refractivity contribution in [3.63, 3.8) is 0 Å². The molecule has 7 heteroatoms. The highest BCUT2D eigenvalue weighted by atomic mass is 16.2. The lowest BCUT2D eigenvalue weighted by Gasteiger charge is -2.24. The second-order valence-corrected chi connectivity index (χ2v) is 7.49. The number of fused-ring (bicyclic) bond motifs is 1. The van der Waals surface area contributed by atoms with Gasteiger partial charge in [-0.1, -0.05) is 61.5 Å². The molecule has 7 nitrogen and oxygen atoms in total. The van der Waals surface area contributed by atoms with Gasteiger partial charge in [0.15, 0.2) is 0 Å². The summed E-state index contributed by atoms with van der Waals surface area (Å²) in [5.74, 6) is -2.90. The fourth-order valence-electron chi connectivity index (χ4n) is 3.64. The number of nitrogens with two attached hydrogens (primary N) is 1. The van der Waals surface area contributed by atoms with Crippen molar-refractivity contribution in [3.8, 4) is 0 Å². The monoisotopic (exact) mass is 418 g/mol. The van der Waals surface area contributed by atoms with Gasteiger partial charge < -0.3 is 16.0 Å². The molecule has 0 bridgehead atoms. The van der Waals surface area contributed by atoms with Crippen LogP contribution in [0.2, 0.25) is 0 Å². The van der Waals surface area contributed by atoms with Gasteiger partial charge in [-0.25, -0.2) is 4.99 Å². The normalized spacial score (nSPS) is 17.6. The number of benzene rings is 2. The third-order valence-electron chi connectivity index (χ3n) is 5.47. The lowest BCUT2D eigenvalue weighted by atomic mass is 9.89. The Balaban J connectivity index is 2.00.